The van der Waals surface area contributed by atoms with Crippen LogP contribution in [0.3, 0.4) is 0 Å². The first-order valence-corrected chi connectivity index (χ1v) is 6.74. The molecule has 0 saturated heterocycles. The molecule has 1 heterocycles. The largest absolute Gasteiger partial charge is 0.486 e. The summed E-state index contributed by atoms with van der Waals surface area (Å²) in [6.45, 7) is 3.64. The second-order valence-electron chi connectivity index (χ2n) is 4.66. The molecule has 5 heteroatoms. The molecule has 0 spiro atoms. The Morgan fingerprint density at radius 1 is 1.37 bits per heavy atom. The van der Waals surface area contributed by atoms with Gasteiger partial charge in [-0.2, -0.15) is 0 Å². The van der Waals surface area contributed by atoms with Crippen LogP contribution >= 0.6 is 11.3 Å². The summed E-state index contributed by atoms with van der Waals surface area (Å²) in [5.41, 5.74) is -0.404. The van der Waals surface area contributed by atoms with E-state index in [1.807, 2.05) is 30.3 Å². The Morgan fingerprint density at radius 3 is 2.68 bits per heavy atom. The van der Waals surface area contributed by atoms with Gasteiger partial charge in [-0.15, -0.1) is 11.3 Å². The van der Waals surface area contributed by atoms with Gasteiger partial charge in [0.05, 0.1) is 5.69 Å². The summed E-state index contributed by atoms with van der Waals surface area (Å²) in [4.78, 5) is 15.5. The van der Waals surface area contributed by atoms with Crippen LogP contribution in [0.25, 0.3) is 0 Å². The summed E-state index contributed by atoms with van der Waals surface area (Å²) >= 11 is 1.41. The molecule has 0 bridgehead atoms. The zero-order valence-electron chi connectivity index (χ0n) is 10.8. The van der Waals surface area contributed by atoms with Crippen LogP contribution in [0, 0.1) is 0 Å². The first-order valence-electron chi connectivity index (χ1n) is 5.86. The van der Waals surface area contributed by atoms with Crippen molar-refractivity contribution < 1.29 is 14.6 Å². The van der Waals surface area contributed by atoms with Gasteiger partial charge >= 0.3 is 5.97 Å². The van der Waals surface area contributed by atoms with Gasteiger partial charge in [0.25, 0.3) is 0 Å². The number of para-hydroxylation sites is 1. The van der Waals surface area contributed by atoms with Crippen LogP contribution in [-0.4, -0.2) is 16.1 Å². The molecule has 0 saturated carbocycles. The van der Waals surface area contributed by atoms with Crippen molar-refractivity contribution >= 4 is 17.3 Å². The van der Waals surface area contributed by atoms with Crippen molar-refractivity contribution in [3.8, 4) is 5.75 Å². The average molecular weight is 277 g/mol. The summed E-state index contributed by atoms with van der Waals surface area (Å²) in [7, 11) is 0. The molecule has 0 aliphatic heterocycles. The molecule has 0 atom stereocenters. The Bertz CT molecular complexity index is 563. The van der Waals surface area contributed by atoms with Crippen LogP contribution in [0.1, 0.15) is 24.5 Å². The number of aromatic nitrogens is 1. The number of carboxylic acid groups (broad SMARTS) is 1. The van der Waals surface area contributed by atoms with Gasteiger partial charge in [-0.25, -0.2) is 4.98 Å². The maximum absolute atomic E-state index is 11.1. The van der Waals surface area contributed by atoms with Gasteiger partial charge < -0.3 is 9.84 Å². The molecule has 0 aliphatic rings. The minimum atomic E-state index is -0.971. The fraction of sp³-hybridized carbons (Fsp3) is 0.286. The summed E-state index contributed by atoms with van der Waals surface area (Å²) < 4.78 is 5.58. The summed E-state index contributed by atoms with van der Waals surface area (Å²) in [5.74, 6) is -0.106. The normalized spacial score (nSPS) is 11.3. The monoisotopic (exact) mass is 277 g/mol. The molecular weight excluding hydrogens is 262 g/mol. The van der Waals surface area contributed by atoms with Gasteiger partial charge in [-0.05, 0) is 26.0 Å². The van der Waals surface area contributed by atoms with Crippen molar-refractivity contribution in [2.75, 3.05) is 0 Å². The van der Waals surface area contributed by atoms with Crippen LogP contribution < -0.4 is 4.74 Å². The molecule has 0 radical (unpaired) electrons. The number of hydrogen-bond acceptors (Lipinski definition) is 4. The lowest BCUT2D eigenvalue weighted by Gasteiger charge is -2.15. The number of aliphatic carboxylic acids is 1. The molecule has 0 unspecified atom stereocenters. The molecule has 1 aromatic carbocycles. The van der Waals surface area contributed by atoms with E-state index in [-0.39, 0.29) is 0 Å². The number of carbonyl (C=O) groups is 1. The SMILES string of the molecule is CC(C)(C(=O)O)c1csc(COc2ccccc2)n1. The number of hydrogen-bond donors (Lipinski definition) is 1. The number of rotatable bonds is 5. The summed E-state index contributed by atoms with van der Waals surface area (Å²) in [6, 6.07) is 9.46. The molecular formula is C14H15NO3S. The zero-order valence-corrected chi connectivity index (χ0v) is 11.6. The Morgan fingerprint density at radius 2 is 2.05 bits per heavy atom. The number of nitrogens with zero attached hydrogens (tertiary/aromatic N) is 1. The highest BCUT2D eigenvalue weighted by atomic mass is 32.1. The maximum Gasteiger partial charge on any atom is 0.315 e. The zero-order chi connectivity index (χ0) is 13.9. The minimum Gasteiger partial charge on any atom is -0.486 e. The fourth-order valence-electron chi connectivity index (χ4n) is 1.44. The molecule has 2 rings (SSSR count). The van der Waals surface area contributed by atoms with E-state index < -0.39 is 11.4 Å². The second kappa shape index (κ2) is 5.40. The standard InChI is InChI=1S/C14H15NO3S/c1-14(2,13(16)17)11-9-19-12(15-11)8-18-10-6-4-3-5-7-10/h3-7,9H,8H2,1-2H3,(H,16,17). The molecule has 1 aromatic heterocycles. The van der Waals surface area contributed by atoms with Crippen molar-refractivity contribution in [3.63, 3.8) is 0 Å². The third-order valence-electron chi connectivity index (χ3n) is 2.83. The number of benzene rings is 1. The Kier molecular flexibility index (Phi) is 3.85. The highest BCUT2D eigenvalue weighted by Gasteiger charge is 2.32. The van der Waals surface area contributed by atoms with Crippen molar-refractivity contribution in [1.82, 2.24) is 4.98 Å². The highest BCUT2D eigenvalue weighted by molar-refractivity contribution is 7.09. The average Bonchev–Trinajstić information content (AvgIpc) is 2.87. The van der Waals surface area contributed by atoms with Crippen molar-refractivity contribution in [2.24, 2.45) is 0 Å². The molecule has 1 N–H and O–H groups in total. The minimum absolute atomic E-state index is 0.352. The van der Waals surface area contributed by atoms with E-state index in [0.717, 1.165) is 10.8 Å². The Labute approximate surface area is 115 Å². The molecule has 2 aromatic rings. The van der Waals surface area contributed by atoms with Gasteiger partial charge in [-0.3, -0.25) is 4.79 Å². The third-order valence-corrected chi connectivity index (χ3v) is 3.65. The molecule has 0 aliphatic carbocycles. The van der Waals surface area contributed by atoms with E-state index in [1.165, 1.54) is 11.3 Å². The second-order valence-corrected chi connectivity index (χ2v) is 5.60. The maximum atomic E-state index is 11.1. The van der Waals surface area contributed by atoms with Crippen LogP contribution in [0.15, 0.2) is 35.7 Å². The van der Waals surface area contributed by atoms with Gasteiger partial charge in [0.1, 0.15) is 22.8 Å². The third kappa shape index (κ3) is 3.12. The topological polar surface area (TPSA) is 59.4 Å². The van der Waals surface area contributed by atoms with Crippen LogP contribution in [0.5, 0.6) is 5.75 Å². The number of thiazole rings is 1. The smallest absolute Gasteiger partial charge is 0.315 e. The van der Waals surface area contributed by atoms with Gasteiger partial charge in [-0.1, -0.05) is 18.2 Å². The lowest BCUT2D eigenvalue weighted by Crippen LogP contribution is -2.28. The van der Waals surface area contributed by atoms with Crippen LogP contribution in [0.2, 0.25) is 0 Å². The first-order chi connectivity index (χ1) is 9.00. The molecule has 19 heavy (non-hydrogen) atoms. The molecule has 0 fully saturated rings. The van der Waals surface area contributed by atoms with Crippen molar-refractivity contribution in [1.29, 1.82) is 0 Å². The van der Waals surface area contributed by atoms with E-state index >= 15 is 0 Å². The van der Waals surface area contributed by atoms with E-state index in [1.54, 1.807) is 19.2 Å². The first kappa shape index (κ1) is 13.5. The van der Waals surface area contributed by atoms with Gasteiger partial charge in [0, 0.05) is 5.38 Å². The molecule has 100 valence electrons. The predicted molar refractivity (Wildman–Crippen MR) is 73.5 cm³/mol. The molecule has 4 nitrogen and oxygen atoms in total. The molecule has 0 amide bonds. The summed E-state index contributed by atoms with van der Waals surface area (Å²) in [6.07, 6.45) is 0. The fourth-order valence-corrected chi connectivity index (χ4v) is 2.31. The van der Waals surface area contributed by atoms with Crippen molar-refractivity contribution in [3.05, 3.63) is 46.4 Å². The van der Waals surface area contributed by atoms with Crippen LogP contribution in [0.4, 0.5) is 0 Å². The lowest BCUT2D eigenvalue weighted by atomic mass is 9.90. The van der Waals surface area contributed by atoms with Crippen LogP contribution in [-0.2, 0) is 16.8 Å². The summed E-state index contributed by atoms with van der Waals surface area (Å²) in [5, 5.41) is 11.7. The quantitative estimate of drug-likeness (QED) is 0.912. The van der Waals surface area contributed by atoms with E-state index in [9.17, 15) is 4.79 Å². The Balaban J connectivity index is 2.04. The van der Waals surface area contributed by atoms with E-state index in [4.69, 9.17) is 9.84 Å². The van der Waals surface area contributed by atoms with Gasteiger partial charge in [0.15, 0.2) is 0 Å². The van der Waals surface area contributed by atoms with Gasteiger partial charge in [0.2, 0.25) is 0 Å². The number of carboxylic acids is 1. The number of ether oxygens (including phenoxy) is 1. The van der Waals surface area contributed by atoms with E-state index in [2.05, 4.69) is 4.98 Å². The van der Waals surface area contributed by atoms with E-state index in [0.29, 0.717) is 12.3 Å². The Hall–Kier alpha value is -1.88. The predicted octanol–water partition coefficient (Wildman–Crippen LogP) is 3.08. The lowest BCUT2D eigenvalue weighted by molar-refractivity contribution is -0.142. The van der Waals surface area contributed by atoms with Crippen molar-refractivity contribution in [2.45, 2.75) is 25.9 Å². The highest BCUT2D eigenvalue weighted by Crippen LogP contribution is 2.25.